The van der Waals surface area contributed by atoms with E-state index >= 15 is 0 Å². The summed E-state index contributed by atoms with van der Waals surface area (Å²) in [4.78, 5) is 12.9. The molecule has 1 fully saturated rings. The van der Waals surface area contributed by atoms with Crippen molar-refractivity contribution in [1.29, 1.82) is 0 Å². The maximum atomic E-state index is 13.0. The van der Waals surface area contributed by atoms with E-state index in [0.29, 0.717) is 51.6 Å². The fourth-order valence-electron chi connectivity index (χ4n) is 5.23. The lowest BCUT2D eigenvalue weighted by molar-refractivity contribution is -0.137. The molecule has 226 valence electrons. The number of hydrogen-bond acceptors (Lipinski definition) is 4. The third kappa shape index (κ3) is 6.37. The second-order valence-electron chi connectivity index (χ2n) is 10.9. The van der Waals surface area contributed by atoms with E-state index in [2.05, 4.69) is 0 Å². The zero-order valence-electron chi connectivity index (χ0n) is 23.9. The molecule has 1 saturated carbocycles. The molecule has 1 N–H and O–H groups in total. The Hall–Kier alpha value is -4.92. The second kappa shape index (κ2) is 12.0. The molecule has 1 heterocycles. The molecule has 44 heavy (non-hydrogen) atoms. The molecule has 0 amide bonds. The van der Waals surface area contributed by atoms with Crippen LogP contribution in [-0.2, 0) is 19.3 Å². The van der Waals surface area contributed by atoms with Crippen LogP contribution in [0.4, 0.5) is 13.2 Å². The lowest BCUT2D eigenvalue weighted by Crippen LogP contribution is -2.10. The molecule has 0 radical (unpaired) electrons. The summed E-state index contributed by atoms with van der Waals surface area (Å²) in [6.45, 7) is 0.991. The van der Waals surface area contributed by atoms with Gasteiger partial charge in [-0.05, 0) is 90.0 Å². The topological polar surface area (TPSA) is 69.9 Å². The SMILES string of the molecule is COc1cccc(Cn2c(C(=O)O)c(-c3ccc(OCC4CC4)cc3)c3cc(OCc4ccc(C(F)(F)F)cc4)ccc32)c1. The van der Waals surface area contributed by atoms with Gasteiger partial charge < -0.3 is 23.9 Å². The fraction of sp³-hybridized carbons (Fsp3) is 0.229. The van der Waals surface area contributed by atoms with Crippen LogP contribution in [0.15, 0.2) is 91.0 Å². The highest BCUT2D eigenvalue weighted by atomic mass is 19.4. The lowest BCUT2D eigenvalue weighted by atomic mass is 10.0. The summed E-state index contributed by atoms with van der Waals surface area (Å²) in [6, 6.07) is 25.0. The summed E-state index contributed by atoms with van der Waals surface area (Å²) in [6.07, 6.45) is -2.06. The maximum Gasteiger partial charge on any atom is 0.416 e. The number of ether oxygens (including phenoxy) is 3. The van der Waals surface area contributed by atoms with Crippen LogP contribution in [0.25, 0.3) is 22.0 Å². The number of carboxylic acids is 1. The molecule has 0 spiro atoms. The van der Waals surface area contributed by atoms with Gasteiger partial charge in [0.05, 0.1) is 19.3 Å². The average molecular weight is 602 g/mol. The fourth-order valence-corrected chi connectivity index (χ4v) is 5.23. The highest BCUT2D eigenvalue weighted by molar-refractivity contribution is 6.08. The second-order valence-corrected chi connectivity index (χ2v) is 10.9. The number of halogens is 3. The lowest BCUT2D eigenvalue weighted by Gasteiger charge is -2.11. The molecule has 1 aliphatic rings. The first-order chi connectivity index (χ1) is 21.2. The summed E-state index contributed by atoms with van der Waals surface area (Å²) in [5, 5.41) is 11.2. The van der Waals surface area contributed by atoms with Gasteiger partial charge in [0.2, 0.25) is 0 Å². The molecule has 0 unspecified atom stereocenters. The summed E-state index contributed by atoms with van der Waals surface area (Å²) in [7, 11) is 1.58. The number of hydrogen-bond donors (Lipinski definition) is 1. The summed E-state index contributed by atoms with van der Waals surface area (Å²) < 4.78 is 57.9. The number of aromatic nitrogens is 1. The minimum Gasteiger partial charge on any atom is -0.497 e. The van der Waals surface area contributed by atoms with E-state index in [1.54, 1.807) is 29.9 Å². The quantitative estimate of drug-likeness (QED) is 0.165. The van der Waals surface area contributed by atoms with Crippen molar-refractivity contribution >= 4 is 16.9 Å². The zero-order valence-corrected chi connectivity index (χ0v) is 23.9. The predicted molar refractivity (Wildman–Crippen MR) is 160 cm³/mol. The zero-order chi connectivity index (χ0) is 30.8. The van der Waals surface area contributed by atoms with Gasteiger partial charge in [0.15, 0.2) is 0 Å². The smallest absolute Gasteiger partial charge is 0.416 e. The first kappa shape index (κ1) is 29.2. The molecule has 6 rings (SSSR count). The van der Waals surface area contributed by atoms with Crippen LogP contribution in [0.5, 0.6) is 17.2 Å². The van der Waals surface area contributed by atoms with Gasteiger partial charge in [-0.15, -0.1) is 0 Å². The number of carbonyl (C=O) groups is 1. The third-order valence-electron chi connectivity index (χ3n) is 7.72. The van der Waals surface area contributed by atoms with E-state index in [9.17, 15) is 23.1 Å². The van der Waals surface area contributed by atoms with Crippen molar-refractivity contribution in [2.75, 3.05) is 13.7 Å². The third-order valence-corrected chi connectivity index (χ3v) is 7.72. The number of benzene rings is 4. The minimum absolute atomic E-state index is 0.0440. The molecule has 9 heteroatoms. The summed E-state index contributed by atoms with van der Waals surface area (Å²) in [5.74, 6) is 1.36. The Morgan fingerprint density at radius 1 is 0.864 bits per heavy atom. The van der Waals surface area contributed by atoms with Crippen LogP contribution >= 0.6 is 0 Å². The number of aromatic carboxylic acids is 1. The van der Waals surface area contributed by atoms with Crippen LogP contribution in [0.2, 0.25) is 0 Å². The highest BCUT2D eigenvalue weighted by Gasteiger charge is 2.30. The van der Waals surface area contributed by atoms with E-state index in [1.165, 1.54) is 25.0 Å². The molecule has 1 aliphatic carbocycles. The van der Waals surface area contributed by atoms with E-state index in [-0.39, 0.29) is 18.8 Å². The van der Waals surface area contributed by atoms with Gasteiger partial charge in [0.1, 0.15) is 29.5 Å². The molecule has 0 aliphatic heterocycles. The Balaban J connectivity index is 1.38. The van der Waals surface area contributed by atoms with Crippen molar-refractivity contribution in [2.45, 2.75) is 32.2 Å². The van der Waals surface area contributed by atoms with Crippen molar-refractivity contribution < 1.29 is 37.3 Å². The van der Waals surface area contributed by atoms with Gasteiger partial charge in [-0.25, -0.2) is 4.79 Å². The van der Waals surface area contributed by atoms with Crippen molar-refractivity contribution in [3.05, 3.63) is 113 Å². The van der Waals surface area contributed by atoms with Crippen molar-refractivity contribution in [3.8, 4) is 28.4 Å². The van der Waals surface area contributed by atoms with Crippen molar-refractivity contribution in [1.82, 2.24) is 4.57 Å². The molecule has 0 atom stereocenters. The molecule has 1 aromatic heterocycles. The summed E-state index contributed by atoms with van der Waals surface area (Å²) in [5.41, 5.74) is 2.75. The van der Waals surface area contributed by atoms with Crippen LogP contribution in [-0.4, -0.2) is 29.4 Å². The van der Waals surface area contributed by atoms with E-state index in [4.69, 9.17) is 14.2 Å². The average Bonchev–Trinajstić information content (AvgIpc) is 3.80. The first-order valence-electron chi connectivity index (χ1n) is 14.2. The van der Waals surface area contributed by atoms with E-state index in [0.717, 1.165) is 23.4 Å². The number of fused-ring (bicyclic) bond motifs is 1. The molecular formula is C35H30F3NO5. The number of methoxy groups -OCH3 is 1. The number of nitrogens with zero attached hydrogens (tertiary/aromatic N) is 1. The van der Waals surface area contributed by atoms with Gasteiger partial charge >= 0.3 is 12.1 Å². The predicted octanol–water partition coefficient (Wildman–Crippen LogP) is 8.45. The highest BCUT2D eigenvalue weighted by Crippen LogP contribution is 2.39. The van der Waals surface area contributed by atoms with Gasteiger partial charge in [-0.3, -0.25) is 0 Å². The van der Waals surface area contributed by atoms with Crippen LogP contribution in [0.1, 0.15) is 40.0 Å². The first-order valence-corrected chi connectivity index (χ1v) is 14.2. The Morgan fingerprint density at radius 3 is 2.25 bits per heavy atom. The van der Waals surface area contributed by atoms with E-state index < -0.39 is 17.7 Å². The maximum absolute atomic E-state index is 13.0. The van der Waals surface area contributed by atoms with Crippen molar-refractivity contribution in [2.24, 2.45) is 5.92 Å². The number of alkyl halides is 3. The van der Waals surface area contributed by atoms with E-state index in [1.807, 2.05) is 48.5 Å². The standard InChI is InChI=1S/C35H30F3NO5/c1-42-28-4-2-3-24(17-28)19-39-31-16-15-29(44-21-23-7-11-26(12-8-23)35(36,37)38)18-30(31)32(33(39)34(40)41)25-9-13-27(14-10-25)43-20-22-5-6-22/h2-4,7-18,22H,5-6,19-21H2,1H3,(H,40,41). The molecule has 0 saturated heterocycles. The molecule has 4 aromatic carbocycles. The van der Waals surface area contributed by atoms with Crippen LogP contribution in [0, 0.1) is 5.92 Å². The summed E-state index contributed by atoms with van der Waals surface area (Å²) >= 11 is 0. The van der Waals surface area contributed by atoms with Crippen LogP contribution < -0.4 is 14.2 Å². The Labute approximate surface area is 252 Å². The number of carboxylic acid groups (broad SMARTS) is 1. The Morgan fingerprint density at radius 2 is 1.59 bits per heavy atom. The Bertz CT molecular complexity index is 1790. The number of rotatable bonds is 11. The van der Waals surface area contributed by atoms with Crippen molar-refractivity contribution in [3.63, 3.8) is 0 Å². The largest absolute Gasteiger partial charge is 0.497 e. The molecule has 0 bridgehead atoms. The molecule has 5 aromatic rings. The van der Waals surface area contributed by atoms with Gasteiger partial charge in [0, 0.05) is 23.0 Å². The normalized spacial score (nSPS) is 13.2. The monoisotopic (exact) mass is 601 g/mol. The van der Waals surface area contributed by atoms with Crippen LogP contribution in [0.3, 0.4) is 0 Å². The molecule has 6 nitrogen and oxygen atoms in total. The molecular weight excluding hydrogens is 571 g/mol. The minimum atomic E-state index is -4.41. The Kier molecular flexibility index (Phi) is 7.95. The van der Waals surface area contributed by atoms with Gasteiger partial charge in [0.25, 0.3) is 0 Å². The van der Waals surface area contributed by atoms with Gasteiger partial charge in [-0.1, -0.05) is 36.4 Å². The van der Waals surface area contributed by atoms with Gasteiger partial charge in [-0.2, -0.15) is 13.2 Å².